The Balaban J connectivity index is 1.99. The van der Waals surface area contributed by atoms with Crippen molar-refractivity contribution in [1.82, 2.24) is 10.6 Å². The van der Waals surface area contributed by atoms with E-state index in [9.17, 15) is 9.59 Å². The molecule has 2 amide bonds. The molecule has 0 fully saturated rings. The number of hydrogen-bond acceptors (Lipinski definition) is 2. The number of carbonyl (C=O) groups excluding carboxylic acids is 2. The SMILES string of the molecule is CCC(=O)NCCNC(=O)c1ccc(-c2c(C)cccc2Cl)cc1. The van der Waals surface area contributed by atoms with E-state index in [1.165, 1.54) is 0 Å². The Morgan fingerprint density at radius 3 is 2.29 bits per heavy atom. The standard InChI is InChI=1S/C19H21ClN2O2/c1-3-17(23)21-11-12-22-19(24)15-9-7-14(8-10-15)18-13(2)5-4-6-16(18)20/h4-10H,3,11-12H2,1-2H3,(H,21,23)(H,22,24). The summed E-state index contributed by atoms with van der Waals surface area (Å²) in [6, 6.07) is 13.1. The molecule has 0 aliphatic rings. The summed E-state index contributed by atoms with van der Waals surface area (Å²) >= 11 is 6.27. The monoisotopic (exact) mass is 344 g/mol. The van der Waals surface area contributed by atoms with Gasteiger partial charge in [0.1, 0.15) is 0 Å². The first-order valence-electron chi connectivity index (χ1n) is 7.93. The third kappa shape index (κ3) is 4.59. The number of aryl methyl sites for hydroxylation is 1. The van der Waals surface area contributed by atoms with Gasteiger partial charge in [-0.2, -0.15) is 0 Å². The smallest absolute Gasteiger partial charge is 0.251 e. The molecule has 2 N–H and O–H groups in total. The lowest BCUT2D eigenvalue weighted by molar-refractivity contribution is -0.120. The fraction of sp³-hybridized carbons (Fsp3) is 0.263. The molecule has 24 heavy (non-hydrogen) atoms. The van der Waals surface area contributed by atoms with Crippen LogP contribution in [-0.2, 0) is 4.79 Å². The highest BCUT2D eigenvalue weighted by atomic mass is 35.5. The molecule has 0 spiro atoms. The number of amides is 2. The lowest BCUT2D eigenvalue weighted by atomic mass is 9.99. The second kappa shape index (κ2) is 8.50. The van der Waals surface area contributed by atoms with Crippen LogP contribution in [0.25, 0.3) is 11.1 Å². The third-order valence-corrected chi connectivity index (χ3v) is 4.03. The first-order chi connectivity index (χ1) is 11.5. The van der Waals surface area contributed by atoms with Crippen molar-refractivity contribution in [2.75, 3.05) is 13.1 Å². The van der Waals surface area contributed by atoms with Crippen LogP contribution in [0.3, 0.4) is 0 Å². The second-order valence-corrected chi connectivity index (χ2v) is 5.88. The van der Waals surface area contributed by atoms with E-state index in [0.29, 0.717) is 30.1 Å². The minimum Gasteiger partial charge on any atom is -0.354 e. The average molecular weight is 345 g/mol. The number of hydrogen-bond donors (Lipinski definition) is 2. The van der Waals surface area contributed by atoms with Crippen molar-refractivity contribution in [1.29, 1.82) is 0 Å². The van der Waals surface area contributed by atoms with Crippen LogP contribution in [-0.4, -0.2) is 24.9 Å². The molecule has 0 bridgehead atoms. The van der Waals surface area contributed by atoms with Crippen LogP contribution in [0.15, 0.2) is 42.5 Å². The molecular weight excluding hydrogens is 324 g/mol. The van der Waals surface area contributed by atoms with Gasteiger partial charge in [0.05, 0.1) is 0 Å². The van der Waals surface area contributed by atoms with E-state index in [2.05, 4.69) is 10.6 Å². The molecule has 2 aromatic rings. The van der Waals surface area contributed by atoms with Crippen LogP contribution in [0.5, 0.6) is 0 Å². The number of carbonyl (C=O) groups is 2. The zero-order chi connectivity index (χ0) is 17.5. The van der Waals surface area contributed by atoms with Crippen molar-refractivity contribution in [2.45, 2.75) is 20.3 Å². The minimum absolute atomic E-state index is 0.0243. The fourth-order valence-electron chi connectivity index (χ4n) is 2.39. The topological polar surface area (TPSA) is 58.2 Å². The maximum atomic E-state index is 12.1. The molecule has 0 saturated carbocycles. The molecule has 0 radical (unpaired) electrons. The molecule has 5 heteroatoms. The van der Waals surface area contributed by atoms with Gasteiger partial charge in [-0.15, -0.1) is 0 Å². The average Bonchev–Trinajstić information content (AvgIpc) is 2.58. The quantitative estimate of drug-likeness (QED) is 0.787. The summed E-state index contributed by atoms with van der Waals surface area (Å²) in [6.45, 7) is 4.62. The number of halogens is 1. The van der Waals surface area contributed by atoms with Crippen LogP contribution in [0.2, 0.25) is 5.02 Å². The van der Waals surface area contributed by atoms with Crippen LogP contribution in [0, 0.1) is 6.92 Å². The number of benzene rings is 2. The van der Waals surface area contributed by atoms with Gasteiger partial charge in [-0.25, -0.2) is 0 Å². The highest BCUT2D eigenvalue weighted by Gasteiger charge is 2.09. The summed E-state index contributed by atoms with van der Waals surface area (Å²) in [4.78, 5) is 23.2. The largest absolute Gasteiger partial charge is 0.354 e. The van der Waals surface area contributed by atoms with Crippen molar-refractivity contribution in [2.24, 2.45) is 0 Å². The summed E-state index contributed by atoms with van der Waals surface area (Å²) in [7, 11) is 0. The van der Waals surface area contributed by atoms with E-state index >= 15 is 0 Å². The van der Waals surface area contributed by atoms with Gasteiger partial charge in [0.2, 0.25) is 5.91 Å². The van der Waals surface area contributed by atoms with Gasteiger partial charge in [-0.1, -0.05) is 42.8 Å². The first-order valence-corrected chi connectivity index (χ1v) is 8.31. The molecule has 2 rings (SSSR count). The van der Waals surface area contributed by atoms with Gasteiger partial charge >= 0.3 is 0 Å². The predicted molar refractivity (Wildman–Crippen MR) is 97.3 cm³/mol. The molecule has 0 unspecified atom stereocenters. The molecule has 0 aliphatic carbocycles. The van der Waals surface area contributed by atoms with Crippen molar-refractivity contribution < 1.29 is 9.59 Å². The van der Waals surface area contributed by atoms with Crippen molar-refractivity contribution in [3.05, 3.63) is 58.6 Å². The Morgan fingerprint density at radius 1 is 1.00 bits per heavy atom. The zero-order valence-corrected chi connectivity index (χ0v) is 14.6. The highest BCUT2D eigenvalue weighted by molar-refractivity contribution is 6.33. The van der Waals surface area contributed by atoms with Gasteiger partial charge in [-0.05, 0) is 36.2 Å². The molecule has 4 nitrogen and oxygen atoms in total. The summed E-state index contributed by atoms with van der Waals surface area (Å²) in [6.07, 6.45) is 0.441. The Morgan fingerprint density at radius 2 is 1.67 bits per heavy atom. The Labute approximate surface area is 147 Å². The number of rotatable bonds is 6. The second-order valence-electron chi connectivity index (χ2n) is 5.47. The lowest BCUT2D eigenvalue weighted by Gasteiger charge is -2.10. The minimum atomic E-state index is -0.164. The molecule has 0 heterocycles. The van der Waals surface area contributed by atoms with Crippen LogP contribution in [0.4, 0.5) is 0 Å². The molecular formula is C19H21ClN2O2. The maximum Gasteiger partial charge on any atom is 0.251 e. The molecule has 2 aromatic carbocycles. The predicted octanol–water partition coefficient (Wildman–Crippen LogP) is 3.57. The van der Waals surface area contributed by atoms with Crippen molar-refractivity contribution in [3.63, 3.8) is 0 Å². The van der Waals surface area contributed by atoms with E-state index in [1.54, 1.807) is 19.1 Å². The van der Waals surface area contributed by atoms with Gasteiger partial charge in [0.15, 0.2) is 0 Å². The van der Waals surface area contributed by atoms with Gasteiger partial charge in [-0.3, -0.25) is 9.59 Å². The lowest BCUT2D eigenvalue weighted by Crippen LogP contribution is -2.34. The molecule has 0 atom stereocenters. The molecule has 0 saturated heterocycles. The van der Waals surface area contributed by atoms with E-state index < -0.39 is 0 Å². The van der Waals surface area contributed by atoms with Crippen molar-refractivity contribution >= 4 is 23.4 Å². The van der Waals surface area contributed by atoms with E-state index in [1.807, 2.05) is 37.3 Å². The summed E-state index contributed by atoms with van der Waals surface area (Å²) in [5.41, 5.74) is 3.62. The van der Waals surface area contributed by atoms with E-state index in [0.717, 1.165) is 16.7 Å². The summed E-state index contributed by atoms with van der Waals surface area (Å²) in [5.74, 6) is -0.188. The van der Waals surface area contributed by atoms with Crippen LogP contribution < -0.4 is 10.6 Å². The van der Waals surface area contributed by atoms with E-state index in [-0.39, 0.29) is 11.8 Å². The van der Waals surface area contributed by atoms with Crippen LogP contribution >= 0.6 is 11.6 Å². The molecule has 126 valence electrons. The normalized spacial score (nSPS) is 10.3. The Kier molecular flexibility index (Phi) is 6.38. The summed E-state index contributed by atoms with van der Waals surface area (Å²) in [5, 5.41) is 6.19. The summed E-state index contributed by atoms with van der Waals surface area (Å²) < 4.78 is 0. The van der Waals surface area contributed by atoms with Crippen LogP contribution in [0.1, 0.15) is 29.3 Å². The van der Waals surface area contributed by atoms with Gasteiger partial charge in [0, 0.05) is 35.7 Å². The van der Waals surface area contributed by atoms with Gasteiger partial charge in [0.25, 0.3) is 5.91 Å². The van der Waals surface area contributed by atoms with Crippen molar-refractivity contribution in [3.8, 4) is 11.1 Å². The number of nitrogens with one attached hydrogen (secondary N) is 2. The Bertz CT molecular complexity index is 706. The molecule has 0 aromatic heterocycles. The maximum absolute atomic E-state index is 12.1. The van der Waals surface area contributed by atoms with Gasteiger partial charge < -0.3 is 10.6 Å². The Hall–Kier alpha value is -2.33. The highest BCUT2D eigenvalue weighted by Crippen LogP contribution is 2.31. The zero-order valence-electron chi connectivity index (χ0n) is 13.9. The third-order valence-electron chi connectivity index (χ3n) is 3.71. The fourth-order valence-corrected chi connectivity index (χ4v) is 2.72. The first kappa shape index (κ1) is 18.0. The van der Waals surface area contributed by atoms with E-state index in [4.69, 9.17) is 11.6 Å². The molecule has 0 aliphatic heterocycles.